The molecule has 0 unspecified atom stereocenters. The molecule has 0 saturated carbocycles. The van der Waals surface area contributed by atoms with E-state index in [-0.39, 0.29) is 56.9 Å². The Morgan fingerprint density at radius 3 is 1.87 bits per heavy atom. The maximum Gasteiger partial charge on any atom is 0.326 e. The average molecular weight is 965 g/mol. The maximum atomic E-state index is 14.2. The molecule has 5 rings (SSSR count). The molecule has 0 bridgehead atoms. The van der Waals surface area contributed by atoms with Gasteiger partial charge >= 0.3 is 5.97 Å². The molecule has 11 N–H and O–H groups in total. The lowest BCUT2D eigenvalue weighted by Gasteiger charge is -2.30. The van der Waals surface area contributed by atoms with Crippen LogP contribution in [0, 0.1) is 5.92 Å². The van der Waals surface area contributed by atoms with Crippen LogP contribution in [0.25, 0.3) is 0 Å². The second kappa shape index (κ2) is 26.3. The van der Waals surface area contributed by atoms with Crippen LogP contribution in [0.2, 0.25) is 0 Å². The van der Waals surface area contributed by atoms with E-state index in [1.54, 1.807) is 62.8 Å². The van der Waals surface area contributed by atoms with Crippen LogP contribution in [0.5, 0.6) is 0 Å². The third-order valence-corrected chi connectivity index (χ3v) is 12.3. The molecule has 7 amide bonds. The first-order valence-electron chi connectivity index (χ1n) is 22.8. The third-order valence-electron chi connectivity index (χ3n) is 11.7. The summed E-state index contributed by atoms with van der Waals surface area (Å²) < 4.78 is 0. The Kier molecular flexibility index (Phi) is 20.3. The number of aromatic nitrogens is 4. The predicted molar refractivity (Wildman–Crippen MR) is 249 cm³/mol. The Labute approximate surface area is 398 Å². The van der Waals surface area contributed by atoms with Gasteiger partial charge in [0.15, 0.2) is 0 Å². The number of rotatable bonds is 26. The smallest absolute Gasteiger partial charge is 0.326 e. The summed E-state index contributed by atoms with van der Waals surface area (Å²) in [5, 5.41) is 39.1. The second-order valence-electron chi connectivity index (χ2n) is 17.4. The second-order valence-corrected chi connectivity index (χ2v) is 18.3. The van der Waals surface area contributed by atoms with Gasteiger partial charge in [-0.05, 0) is 68.6 Å². The Morgan fingerprint density at radius 2 is 1.29 bits per heavy atom. The standard InChI is InChI=1S/C45H64N12O10S/c1-26(2)17-32(39(60)56-36(23-58)42(63)53-33(18-27-9-5-4-6-10-27)40(61)51-31(45(66)67)13-16-68-3)52-41(62)34(19-28-21-46-24-49-28)54-43(64)37-12-8-15-57(37)44(65)35(20-29-22-47-25-50-29)55-38(59)30-11-7-14-48-30/h4-6,9-10,21-22,24-26,30-37,48,58H,7-8,11-20,23H2,1-3H3,(H,46,49)(H,47,50)(H,51,61)(H,52,62)(H,53,63)(H,54,64)(H,55,59)(H,56,60)(H,66,67)/t30-,31-,32-,33-,34-,35-,36-,37-/m0/s1. The highest BCUT2D eigenvalue weighted by atomic mass is 32.2. The zero-order chi connectivity index (χ0) is 49.2. The number of hydrogen-bond acceptors (Lipinski definition) is 13. The minimum atomic E-state index is -1.60. The molecule has 2 saturated heterocycles. The van der Waals surface area contributed by atoms with Crippen molar-refractivity contribution in [1.29, 1.82) is 0 Å². The molecular weight excluding hydrogens is 901 g/mol. The van der Waals surface area contributed by atoms with Crippen molar-refractivity contribution in [2.24, 2.45) is 5.92 Å². The van der Waals surface area contributed by atoms with Gasteiger partial charge in [0, 0.05) is 38.2 Å². The number of thioether (sulfide) groups is 1. The van der Waals surface area contributed by atoms with Crippen LogP contribution >= 0.6 is 11.8 Å². The number of imidazole rings is 2. The molecule has 3 aromatic rings. The van der Waals surface area contributed by atoms with Gasteiger partial charge in [0.1, 0.15) is 42.3 Å². The lowest BCUT2D eigenvalue weighted by atomic mass is 10.0. The summed E-state index contributed by atoms with van der Waals surface area (Å²) in [6.07, 6.45) is 10.1. The van der Waals surface area contributed by atoms with E-state index in [2.05, 4.69) is 57.2 Å². The van der Waals surface area contributed by atoms with Crippen LogP contribution in [-0.2, 0) is 57.6 Å². The fraction of sp³-hybridized carbons (Fsp3) is 0.556. The van der Waals surface area contributed by atoms with E-state index in [1.807, 2.05) is 0 Å². The monoisotopic (exact) mass is 964 g/mol. The van der Waals surface area contributed by atoms with Crippen LogP contribution in [-0.4, -0.2) is 162 Å². The lowest BCUT2D eigenvalue weighted by Crippen LogP contribution is -2.61. The van der Waals surface area contributed by atoms with Gasteiger partial charge in [-0.3, -0.25) is 33.6 Å². The van der Waals surface area contributed by atoms with Crippen molar-refractivity contribution in [2.45, 2.75) is 120 Å². The van der Waals surface area contributed by atoms with Crippen LogP contribution in [0.15, 0.2) is 55.4 Å². The van der Waals surface area contributed by atoms with Crippen LogP contribution in [0.1, 0.15) is 69.3 Å². The van der Waals surface area contributed by atoms with Gasteiger partial charge in [-0.15, -0.1) is 0 Å². The number of hydrogen-bond donors (Lipinski definition) is 11. The number of nitrogens with one attached hydrogen (secondary N) is 9. The topological polar surface area (TPSA) is 322 Å². The van der Waals surface area contributed by atoms with Crippen molar-refractivity contribution in [2.75, 3.05) is 31.7 Å². The van der Waals surface area contributed by atoms with Crippen molar-refractivity contribution < 1.29 is 48.6 Å². The van der Waals surface area contributed by atoms with E-state index in [0.29, 0.717) is 42.1 Å². The maximum absolute atomic E-state index is 14.2. The Morgan fingerprint density at radius 1 is 0.721 bits per heavy atom. The largest absolute Gasteiger partial charge is 0.480 e. The molecule has 0 aliphatic carbocycles. The summed E-state index contributed by atoms with van der Waals surface area (Å²) >= 11 is 1.41. The highest BCUT2D eigenvalue weighted by molar-refractivity contribution is 7.98. The first-order valence-corrected chi connectivity index (χ1v) is 24.2. The number of carbonyl (C=O) groups excluding carboxylic acids is 7. The number of carbonyl (C=O) groups is 8. The molecule has 2 aromatic heterocycles. The zero-order valence-electron chi connectivity index (χ0n) is 38.5. The van der Waals surface area contributed by atoms with E-state index < -0.39 is 96.4 Å². The van der Waals surface area contributed by atoms with Gasteiger partial charge in [-0.2, -0.15) is 11.8 Å². The molecule has 4 heterocycles. The molecular formula is C45H64N12O10S. The molecule has 2 aliphatic rings. The van der Waals surface area contributed by atoms with Gasteiger partial charge in [-0.1, -0.05) is 44.2 Å². The highest BCUT2D eigenvalue weighted by Crippen LogP contribution is 2.21. The van der Waals surface area contributed by atoms with Crippen molar-refractivity contribution in [1.82, 2.24) is 62.1 Å². The predicted octanol–water partition coefficient (Wildman–Crippen LogP) is -1.31. The number of aromatic amines is 2. The molecule has 68 heavy (non-hydrogen) atoms. The number of likely N-dealkylation sites (tertiary alicyclic amines) is 1. The third kappa shape index (κ3) is 15.6. The highest BCUT2D eigenvalue weighted by Gasteiger charge is 2.41. The molecule has 2 aliphatic heterocycles. The van der Waals surface area contributed by atoms with Crippen LogP contribution in [0.4, 0.5) is 0 Å². The molecule has 22 nitrogen and oxygen atoms in total. The summed E-state index contributed by atoms with van der Waals surface area (Å²) in [4.78, 5) is 125. The van der Waals surface area contributed by atoms with Crippen molar-refractivity contribution in [3.63, 3.8) is 0 Å². The Balaban J connectivity index is 1.29. The van der Waals surface area contributed by atoms with Gasteiger partial charge in [0.2, 0.25) is 41.4 Å². The molecule has 8 atom stereocenters. The number of benzene rings is 1. The quantitative estimate of drug-likeness (QED) is 0.0445. The van der Waals surface area contributed by atoms with E-state index in [4.69, 9.17) is 0 Å². The van der Waals surface area contributed by atoms with Gasteiger partial charge in [0.05, 0.1) is 36.7 Å². The number of aliphatic carboxylic acids is 1. The summed E-state index contributed by atoms with van der Waals surface area (Å²) in [5.74, 6) is -5.77. The first-order chi connectivity index (χ1) is 32.7. The fourth-order valence-corrected chi connectivity index (χ4v) is 8.59. The SMILES string of the molecule is CSCC[C@H](NC(=O)[C@H](Cc1ccccc1)NC(=O)[C@H](CO)NC(=O)[C@H](CC(C)C)NC(=O)[C@H](Cc1c[nH]cn1)NC(=O)[C@@H]1CCCN1C(=O)[C@H](Cc1c[nH]cn1)NC(=O)[C@@H]1CCCN1)C(=O)O. The first kappa shape index (κ1) is 52.6. The molecule has 0 radical (unpaired) electrons. The normalized spacial score (nSPS) is 18.3. The molecule has 0 spiro atoms. The number of carboxylic acids is 1. The van der Waals surface area contributed by atoms with Crippen molar-refractivity contribution in [3.8, 4) is 0 Å². The number of nitrogens with zero attached hydrogens (tertiary/aromatic N) is 3. The van der Waals surface area contributed by atoms with E-state index in [1.165, 1.54) is 29.3 Å². The van der Waals surface area contributed by atoms with E-state index in [0.717, 1.165) is 6.42 Å². The minimum Gasteiger partial charge on any atom is -0.480 e. The van der Waals surface area contributed by atoms with Crippen LogP contribution in [0.3, 0.4) is 0 Å². The summed E-state index contributed by atoms with van der Waals surface area (Å²) in [5.41, 5.74) is 1.59. The number of amides is 7. The van der Waals surface area contributed by atoms with Crippen molar-refractivity contribution >= 4 is 59.1 Å². The minimum absolute atomic E-state index is 0.0400. The molecule has 23 heteroatoms. The number of aliphatic hydroxyl groups excluding tert-OH is 1. The van der Waals surface area contributed by atoms with E-state index in [9.17, 15) is 48.6 Å². The number of aliphatic hydroxyl groups is 1. The number of H-pyrrole nitrogens is 2. The molecule has 1 aromatic carbocycles. The number of carboxylic acid groups (broad SMARTS) is 1. The summed E-state index contributed by atoms with van der Waals surface area (Å²) in [7, 11) is 0. The molecule has 370 valence electrons. The fourth-order valence-electron chi connectivity index (χ4n) is 8.12. The molecule has 2 fully saturated rings. The van der Waals surface area contributed by atoms with Crippen LogP contribution < -0.4 is 37.2 Å². The van der Waals surface area contributed by atoms with Gasteiger partial charge in [-0.25, -0.2) is 14.8 Å². The zero-order valence-corrected chi connectivity index (χ0v) is 39.3. The Bertz CT molecular complexity index is 2140. The van der Waals surface area contributed by atoms with E-state index >= 15 is 0 Å². The average Bonchev–Trinajstić information content (AvgIpc) is 4.18. The summed E-state index contributed by atoms with van der Waals surface area (Å²) in [6.45, 7) is 3.61. The van der Waals surface area contributed by atoms with Gasteiger partial charge in [0.25, 0.3) is 0 Å². The lowest BCUT2D eigenvalue weighted by molar-refractivity contribution is -0.142. The van der Waals surface area contributed by atoms with Gasteiger partial charge < -0.3 is 62.3 Å². The Hall–Kier alpha value is -6.33. The summed E-state index contributed by atoms with van der Waals surface area (Å²) in [6, 6.07) is -0.539. The van der Waals surface area contributed by atoms with Crippen molar-refractivity contribution in [3.05, 3.63) is 72.3 Å².